The van der Waals surface area contributed by atoms with Gasteiger partial charge in [-0.25, -0.2) is 0 Å². The number of piperazine rings is 1. The van der Waals surface area contributed by atoms with Crippen LogP contribution in [0.1, 0.15) is 29.5 Å². The summed E-state index contributed by atoms with van der Waals surface area (Å²) in [5, 5.41) is 3.39. The summed E-state index contributed by atoms with van der Waals surface area (Å²) in [6.07, 6.45) is 2.36. The molecule has 1 saturated heterocycles. The minimum absolute atomic E-state index is 0.830. The van der Waals surface area contributed by atoms with Crippen LogP contribution in [-0.2, 0) is 0 Å². The van der Waals surface area contributed by atoms with Crippen molar-refractivity contribution in [3.05, 3.63) is 28.8 Å². The Balaban J connectivity index is 1.68. The summed E-state index contributed by atoms with van der Waals surface area (Å²) in [5.41, 5.74) is 3.82. The van der Waals surface area contributed by atoms with Crippen LogP contribution in [0.3, 0.4) is 0 Å². The fourth-order valence-corrected chi connectivity index (χ4v) is 2.94. The number of rotatable bonds is 6. The number of hydrogen-bond donors (Lipinski definition) is 1. The van der Waals surface area contributed by atoms with Crippen molar-refractivity contribution in [1.82, 2.24) is 10.2 Å². The van der Waals surface area contributed by atoms with Crippen LogP contribution in [-0.4, -0.2) is 44.2 Å². The molecule has 1 aliphatic heterocycles. The van der Waals surface area contributed by atoms with Crippen LogP contribution in [0.5, 0.6) is 5.75 Å². The van der Waals surface area contributed by atoms with Crippen LogP contribution in [0.2, 0.25) is 0 Å². The summed E-state index contributed by atoms with van der Waals surface area (Å²) in [7, 11) is 0. The molecule has 2 rings (SSSR count). The zero-order chi connectivity index (χ0) is 14.4. The molecule has 0 aromatic heterocycles. The van der Waals surface area contributed by atoms with Crippen LogP contribution in [0.15, 0.2) is 12.1 Å². The van der Waals surface area contributed by atoms with Crippen LogP contribution in [0, 0.1) is 20.8 Å². The number of unbranched alkanes of at least 4 members (excludes halogenated alkanes) is 1. The first-order valence-corrected chi connectivity index (χ1v) is 7.80. The molecule has 112 valence electrons. The molecule has 0 radical (unpaired) electrons. The Hall–Kier alpha value is -1.06. The van der Waals surface area contributed by atoms with Crippen LogP contribution < -0.4 is 10.1 Å². The third kappa shape index (κ3) is 4.50. The Labute approximate surface area is 123 Å². The van der Waals surface area contributed by atoms with E-state index in [1.54, 1.807) is 0 Å². The van der Waals surface area contributed by atoms with E-state index >= 15 is 0 Å². The van der Waals surface area contributed by atoms with Crippen molar-refractivity contribution in [2.75, 3.05) is 39.3 Å². The van der Waals surface area contributed by atoms with E-state index in [2.05, 4.69) is 43.1 Å². The van der Waals surface area contributed by atoms with Gasteiger partial charge in [0.2, 0.25) is 0 Å². The van der Waals surface area contributed by atoms with Gasteiger partial charge in [0.25, 0.3) is 0 Å². The van der Waals surface area contributed by atoms with Crippen LogP contribution in [0.25, 0.3) is 0 Å². The van der Waals surface area contributed by atoms with Crippen LogP contribution in [0.4, 0.5) is 0 Å². The van der Waals surface area contributed by atoms with E-state index in [1.807, 2.05) is 0 Å². The molecule has 0 atom stereocenters. The zero-order valence-corrected chi connectivity index (χ0v) is 13.2. The van der Waals surface area contributed by atoms with Gasteiger partial charge in [0, 0.05) is 26.2 Å². The Bertz CT molecular complexity index is 402. The fraction of sp³-hybridized carbons (Fsp3) is 0.647. The van der Waals surface area contributed by atoms with Crippen molar-refractivity contribution in [2.45, 2.75) is 33.6 Å². The lowest BCUT2D eigenvalue weighted by atomic mass is 10.1. The predicted octanol–water partition coefficient (Wildman–Crippen LogP) is 2.68. The normalized spacial score (nSPS) is 16.4. The summed E-state index contributed by atoms with van der Waals surface area (Å²) in [6, 6.07) is 4.39. The summed E-state index contributed by atoms with van der Waals surface area (Å²) >= 11 is 0. The van der Waals surface area contributed by atoms with Gasteiger partial charge < -0.3 is 15.0 Å². The average Bonchev–Trinajstić information content (AvgIpc) is 2.42. The molecule has 1 aromatic rings. The monoisotopic (exact) mass is 276 g/mol. The lowest BCUT2D eigenvalue weighted by Crippen LogP contribution is -2.43. The first-order valence-electron chi connectivity index (χ1n) is 7.80. The highest BCUT2D eigenvalue weighted by molar-refractivity contribution is 5.42. The minimum Gasteiger partial charge on any atom is -0.493 e. The molecular formula is C17H28N2O. The number of nitrogens with zero attached hydrogens (tertiary/aromatic N) is 1. The van der Waals surface area contributed by atoms with Crippen molar-refractivity contribution in [2.24, 2.45) is 0 Å². The predicted molar refractivity (Wildman–Crippen MR) is 84.7 cm³/mol. The molecule has 20 heavy (non-hydrogen) atoms. The molecule has 3 nitrogen and oxygen atoms in total. The smallest absolute Gasteiger partial charge is 0.125 e. The molecule has 1 fully saturated rings. The van der Waals surface area contributed by atoms with Crippen molar-refractivity contribution < 1.29 is 4.74 Å². The highest BCUT2D eigenvalue weighted by Crippen LogP contribution is 2.24. The minimum atomic E-state index is 0.830. The van der Waals surface area contributed by atoms with Gasteiger partial charge >= 0.3 is 0 Å². The topological polar surface area (TPSA) is 24.5 Å². The third-order valence-corrected chi connectivity index (χ3v) is 3.93. The van der Waals surface area contributed by atoms with E-state index in [1.165, 1.54) is 42.7 Å². The van der Waals surface area contributed by atoms with Gasteiger partial charge in [-0.1, -0.05) is 17.7 Å². The molecule has 0 saturated carbocycles. The van der Waals surface area contributed by atoms with E-state index in [4.69, 9.17) is 4.74 Å². The quantitative estimate of drug-likeness (QED) is 0.809. The lowest BCUT2D eigenvalue weighted by molar-refractivity contribution is 0.225. The molecule has 1 N–H and O–H groups in total. The number of ether oxygens (including phenoxy) is 1. The molecular weight excluding hydrogens is 248 g/mol. The maximum absolute atomic E-state index is 5.98. The van der Waals surface area contributed by atoms with Gasteiger partial charge in [-0.15, -0.1) is 0 Å². The number of benzene rings is 1. The van der Waals surface area contributed by atoms with E-state index in [9.17, 15) is 0 Å². The first-order chi connectivity index (χ1) is 9.66. The molecule has 0 unspecified atom stereocenters. The van der Waals surface area contributed by atoms with E-state index in [-0.39, 0.29) is 0 Å². The van der Waals surface area contributed by atoms with Gasteiger partial charge in [-0.05, 0) is 51.3 Å². The molecule has 0 bridgehead atoms. The Morgan fingerprint density at radius 3 is 2.35 bits per heavy atom. The molecule has 1 aliphatic rings. The van der Waals surface area contributed by atoms with Gasteiger partial charge in [0.15, 0.2) is 0 Å². The second-order valence-corrected chi connectivity index (χ2v) is 5.88. The summed E-state index contributed by atoms with van der Waals surface area (Å²) < 4.78 is 5.98. The maximum atomic E-state index is 5.98. The highest BCUT2D eigenvalue weighted by Gasteiger charge is 2.09. The lowest BCUT2D eigenvalue weighted by Gasteiger charge is -2.27. The number of hydrogen-bond acceptors (Lipinski definition) is 3. The summed E-state index contributed by atoms with van der Waals surface area (Å²) in [5.74, 6) is 1.08. The van der Waals surface area contributed by atoms with E-state index in [0.717, 1.165) is 31.9 Å². The van der Waals surface area contributed by atoms with E-state index in [0.29, 0.717) is 0 Å². The Morgan fingerprint density at radius 2 is 1.70 bits per heavy atom. The standard InChI is InChI=1S/C17H28N2O/c1-14-12-15(2)17(16(3)13-14)20-11-5-4-8-19-9-6-18-7-10-19/h12-13,18H,4-11H2,1-3H3. The van der Waals surface area contributed by atoms with Crippen molar-refractivity contribution in [3.8, 4) is 5.75 Å². The molecule has 3 heteroatoms. The summed E-state index contributed by atoms with van der Waals surface area (Å²) in [4.78, 5) is 2.54. The van der Waals surface area contributed by atoms with Gasteiger partial charge in [-0.3, -0.25) is 0 Å². The Kier molecular flexibility index (Phi) is 5.86. The largest absolute Gasteiger partial charge is 0.493 e. The van der Waals surface area contributed by atoms with Crippen LogP contribution >= 0.6 is 0 Å². The molecule has 0 spiro atoms. The number of aryl methyl sites for hydroxylation is 3. The third-order valence-electron chi connectivity index (χ3n) is 3.93. The van der Waals surface area contributed by atoms with Gasteiger partial charge in [0.1, 0.15) is 5.75 Å². The van der Waals surface area contributed by atoms with Crippen molar-refractivity contribution in [1.29, 1.82) is 0 Å². The SMILES string of the molecule is Cc1cc(C)c(OCCCCN2CCNCC2)c(C)c1. The van der Waals surface area contributed by atoms with Gasteiger partial charge in [-0.2, -0.15) is 0 Å². The second-order valence-electron chi connectivity index (χ2n) is 5.88. The molecule has 1 heterocycles. The molecule has 1 aromatic carbocycles. The number of nitrogens with one attached hydrogen (secondary N) is 1. The van der Waals surface area contributed by atoms with E-state index < -0.39 is 0 Å². The van der Waals surface area contributed by atoms with Gasteiger partial charge in [0.05, 0.1) is 6.61 Å². The molecule has 0 aliphatic carbocycles. The zero-order valence-electron chi connectivity index (χ0n) is 13.2. The molecule has 0 amide bonds. The first kappa shape index (κ1) is 15.3. The Morgan fingerprint density at radius 1 is 1.05 bits per heavy atom. The average molecular weight is 276 g/mol. The maximum Gasteiger partial charge on any atom is 0.125 e. The fourth-order valence-electron chi connectivity index (χ4n) is 2.94. The summed E-state index contributed by atoms with van der Waals surface area (Å²) in [6.45, 7) is 13.1. The highest BCUT2D eigenvalue weighted by atomic mass is 16.5. The van der Waals surface area contributed by atoms with Crippen molar-refractivity contribution in [3.63, 3.8) is 0 Å². The second kappa shape index (κ2) is 7.65. The van der Waals surface area contributed by atoms with Crippen molar-refractivity contribution >= 4 is 0 Å².